The first-order chi connectivity index (χ1) is 11.7. The van der Waals surface area contributed by atoms with Gasteiger partial charge in [0.25, 0.3) is 0 Å². The van der Waals surface area contributed by atoms with Crippen LogP contribution in [-0.4, -0.2) is 52.9 Å². The number of hydrogen-bond acceptors (Lipinski definition) is 4. The molecule has 0 spiro atoms. The Morgan fingerprint density at radius 2 is 2.33 bits per heavy atom. The van der Waals surface area contributed by atoms with E-state index >= 15 is 0 Å². The molecule has 24 heavy (non-hydrogen) atoms. The molecule has 1 aliphatic heterocycles. The third-order valence-electron chi connectivity index (χ3n) is 4.31. The predicted octanol–water partition coefficient (Wildman–Crippen LogP) is 1.39. The van der Waals surface area contributed by atoms with Crippen LogP contribution in [-0.2, 0) is 13.6 Å². The summed E-state index contributed by atoms with van der Waals surface area (Å²) in [6.45, 7) is 2.57. The van der Waals surface area contributed by atoms with Gasteiger partial charge in [-0.3, -0.25) is 9.67 Å². The van der Waals surface area contributed by atoms with Crippen molar-refractivity contribution in [3.63, 3.8) is 0 Å². The highest BCUT2D eigenvalue weighted by Crippen LogP contribution is 2.26. The highest BCUT2D eigenvalue weighted by molar-refractivity contribution is 5.80. The second-order valence-corrected chi connectivity index (χ2v) is 5.95. The highest BCUT2D eigenvalue weighted by atomic mass is 16.5. The number of guanidine groups is 1. The molecule has 0 amide bonds. The van der Waals surface area contributed by atoms with Gasteiger partial charge < -0.3 is 15.0 Å². The van der Waals surface area contributed by atoms with Gasteiger partial charge in [0, 0.05) is 45.4 Å². The number of ether oxygens (including phenoxy) is 1. The molecule has 0 saturated carbocycles. The molecule has 1 unspecified atom stereocenters. The van der Waals surface area contributed by atoms with Crippen molar-refractivity contribution < 1.29 is 4.74 Å². The Balaban J connectivity index is 1.59. The lowest BCUT2D eigenvalue weighted by molar-refractivity contribution is 0.396. The Hall–Kier alpha value is -2.57. The lowest BCUT2D eigenvalue weighted by atomic mass is 10.0. The zero-order valence-electron chi connectivity index (χ0n) is 14.4. The minimum absolute atomic E-state index is 0.507. The second kappa shape index (κ2) is 7.33. The van der Waals surface area contributed by atoms with E-state index in [4.69, 9.17) is 4.74 Å². The first-order valence-corrected chi connectivity index (χ1v) is 8.13. The van der Waals surface area contributed by atoms with Crippen LogP contribution in [0.1, 0.15) is 23.6 Å². The lowest BCUT2D eigenvalue weighted by Crippen LogP contribution is -2.39. The molecular weight excluding hydrogens is 304 g/mol. The van der Waals surface area contributed by atoms with Crippen LogP contribution in [0.4, 0.5) is 0 Å². The number of rotatable bonds is 4. The zero-order valence-corrected chi connectivity index (χ0v) is 14.4. The van der Waals surface area contributed by atoms with Crippen molar-refractivity contribution >= 4 is 5.96 Å². The van der Waals surface area contributed by atoms with E-state index in [0.717, 1.165) is 31.2 Å². The van der Waals surface area contributed by atoms with Gasteiger partial charge in [0.1, 0.15) is 0 Å². The van der Waals surface area contributed by atoms with Crippen molar-refractivity contribution in [2.45, 2.75) is 18.9 Å². The average molecular weight is 328 g/mol. The summed E-state index contributed by atoms with van der Waals surface area (Å²) >= 11 is 0. The molecule has 1 saturated heterocycles. The number of aryl methyl sites for hydroxylation is 1. The molecule has 1 aliphatic rings. The topological polar surface area (TPSA) is 67.6 Å². The lowest BCUT2D eigenvalue weighted by Gasteiger charge is -2.21. The van der Waals surface area contributed by atoms with Crippen molar-refractivity contribution in [1.29, 1.82) is 0 Å². The van der Waals surface area contributed by atoms with Gasteiger partial charge in [0.2, 0.25) is 5.88 Å². The highest BCUT2D eigenvalue weighted by Gasteiger charge is 2.26. The number of nitrogens with zero attached hydrogens (tertiary/aromatic N) is 5. The van der Waals surface area contributed by atoms with E-state index < -0.39 is 0 Å². The van der Waals surface area contributed by atoms with E-state index in [1.807, 2.05) is 43.2 Å². The quantitative estimate of drug-likeness (QED) is 0.678. The van der Waals surface area contributed by atoms with E-state index in [0.29, 0.717) is 18.3 Å². The van der Waals surface area contributed by atoms with Crippen LogP contribution in [0.2, 0.25) is 0 Å². The van der Waals surface area contributed by atoms with Crippen LogP contribution in [0.15, 0.2) is 35.6 Å². The van der Waals surface area contributed by atoms with Crippen LogP contribution in [0, 0.1) is 0 Å². The molecule has 0 bridgehead atoms. The number of hydrogen-bond donors (Lipinski definition) is 1. The first kappa shape index (κ1) is 16.3. The summed E-state index contributed by atoms with van der Waals surface area (Å²) in [5.74, 6) is 2.04. The summed E-state index contributed by atoms with van der Waals surface area (Å²) < 4.78 is 7.03. The van der Waals surface area contributed by atoms with Crippen LogP contribution in [0.25, 0.3) is 0 Å². The molecule has 3 heterocycles. The average Bonchev–Trinajstić information content (AvgIpc) is 3.25. The Kier molecular flexibility index (Phi) is 4.98. The van der Waals surface area contributed by atoms with Gasteiger partial charge in [-0.1, -0.05) is 6.07 Å². The SMILES string of the molecule is CN=C(NCc1cccc(OC)n1)N1CCC(c2cnn(C)c2)C1. The molecule has 0 aromatic carbocycles. The third-order valence-corrected chi connectivity index (χ3v) is 4.31. The number of aromatic nitrogens is 3. The van der Waals surface area contributed by atoms with Crippen molar-refractivity contribution in [1.82, 2.24) is 25.0 Å². The van der Waals surface area contributed by atoms with Crippen molar-refractivity contribution in [2.24, 2.45) is 12.0 Å². The molecule has 1 atom stereocenters. The number of methoxy groups -OCH3 is 1. The minimum Gasteiger partial charge on any atom is -0.481 e. The van der Waals surface area contributed by atoms with Gasteiger partial charge in [-0.15, -0.1) is 0 Å². The van der Waals surface area contributed by atoms with Crippen molar-refractivity contribution in [2.75, 3.05) is 27.2 Å². The number of aliphatic imine (C=N–C) groups is 1. The maximum absolute atomic E-state index is 5.17. The van der Waals surface area contributed by atoms with Crippen molar-refractivity contribution in [3.05, 3.63) is 41.9 Å². The fourth-order valence-electron chi connectivity index (χ4n) is 3.05. The normalized spacial score (nSPS) is 18.0. The third kappa shape index (κ3) is 3.67. The Morgan fingerprint density at radius 3 is 3.04 bits per heavy atom. The van der Waals surface area contributed by atoms with E-state index in [-0.39, 0.29) is 0 Å². The van der Waals surface area contributed by atoms with Crippen LogP contribution in [0.5, 0.6) is 5.88 Å². The van der Waals surface area contributed by atoms with E-state index in [1.54, 1.807) is 7.11 Å². The van der Waals surface area contributed by atoms with E-state index in [9.17, 15) is 0 Å². The maximum Gasteiger partial charge on any atom is 0.213 e. The van der Waals surface area contributed by atoms with Crippen LogP contribution in [0.3, 0.4) is 0 Å². The summed E-state index contributed by atoms with van der Waals surface area (Å²) in [4.78, 5) is 11.1. The minimum atomic E-state index is 0.507. The predicted molar refractivity (Wildman–Crippen MR) is 93.1 cm³/mol. The largest absolute Gasteiger partial charge is 0.481 e. The standard InChI is InChI=1S/C17H24N6O/c1-18-17(19-10-15-5-4-6-16(21-15)24-3)23-8-7-13(12-23)14-9-20-22(2)11-14/h4-6,9,11,13H,7-8,10,12H2,1-3H3,(H,18,19). The molecule has 1 N–H and O–H groups in total. The summed E-state index contributed by atoms with van der Waals surface area (Å²) in [6.07, 6.45) is 5.18. The van der Waals surface area contributed by atoms with Gasteiger partial charge in [-0.2, -0.15) is 5.10 Å². The summed E-state index contributed by atoms with van der Waals surface area (Å²) in [7, 11) is 5.40. The summed E-state index contributed by atoms with van der Waals surface area (Å²) in [6, 6.07) is 5.77. The monoisotopic (exact) mass is 328 g/mol. The molecule has 3 rings (SSSR count). The number of nitrogens with one attached hydrogen (secondary N) is 1. The molecule has 7 nitrogen and oxygen atoms in total. The zero-order chi connectivity index (χ0) is 16.9. The molecule has 7 heteroatoms. The fraction of sp³-hybridized carbons (Fsp3) is 0.471. The van der Waals surface area contributed by atoms with Gasteiger partial charge in [-0.05, 0) is 18.1 Å². The van der Waals surface area contributed by atoms with E-state index in [1.165, 1.54) is 5.56 Å². The van der Waals surface area contributed by atoms with Gasteiger partial charge >= 0.3 is 0 Å². The van der Waals surface area contributed by atoms with Gasteiger partial charge in [0.15, 0.2) is 5.96 Å². The Bertz CT molecular complexity index is 711. The maximum atomic E-state index is 5.17. The second-order valence-electron chi connectivity index (χ2n) is 5.95. The summed E-state index contributed by atoms with van der Waals surface area (Å²) in [5.41, 5.74) is 2.23. The van der Waals surface area contributed by atoms with Crippen molar-refractivity contribution in [3.8, 4) is 5.88 Å². The smallest absolute Gasteiger partial charge is 0.213 e. The first-order valence-electron chi connectivity index (χ1n) is 8.13. The van der Waals surface area contributed by atoms with Gasteiger partial charge in [0.05, 0.1) is 25.5 Å². The molecular formula is C17H24N6O. The van der Waals surface area contributed by atoms with E-state index in [2.05, 4.69) is 31.5 Å². The summed E-state index contributed by atoms with van der Waals surface area (Å²) in [5, 5.41) is 7.67. The molecule has 2 aromatic heterocycles. The molecule has 1 fully saturated rings. The number of pyridine rings is 1. The molecule has 2 aromatic rings. The number of likely N-dealkylation sites (tertiary alicyclic amines) is 1. The fourth-order valence-corrected chi connectivity index (χ4v) is 3.05. The molecule has 128 valence electrons. The van der Waals surface area contributed by atoms with Crippen LogP contribution >= 0.6 is 0 Å². The Labute approximate surface area is 142 Å². The Morgan fingerprint density at radius 1 is 1.46 bits per heavy atom. The molecule has 0 radical (unpaired) electrons. The van der Waals surface area contributed by atoms with Gasteiger partial charge in [-0.25, -0.2) is 4.98 Å². The molecule has 0 aliphatic carbocycles. The van der Waals surface area contributed by atoms with Crippen LogP contribution < -0.4 is 10.1 Å².